The average Bonchev–Trinajstić information content (AvgIpc) is 2.35. The number of carbonyl (C=O) groups excluding carboxylic acids is 2. The van der Waals surface area contributed by atoms with Gasteiger partial charge in [-0.25, -0.2) is 4.79 Å². The molecule has 6 nitrogen and oxygen atoms in total. The van der Waals surface area contributed by atoms with Crippen molar-refractivity contribution in [1.29, 1.82) is 0 Å². The molecule has 116 valence electrons. The minimum atomic E-state index is -0.528. The van der Waals surface area contributed by atoms with Gasteiger partial charge in [-0.3, -0.25) is 10.1 Å². The third-order valence-electron chi connectivity index (χ3n) is 2.24. The summed E-state index contributed by atoms with van der Waals surface area (Å²) in [5.41, 5.74) is 0.246. The molecule has 1 aromatic carbocycles. The van der Waals surface area contributed by atoms with E-state index in [9.17, 15) is 9.59 Å². The Bertz CT molecular complexity index is 495. The highest BCUT2D eigenvalue weighted by Gasteiger charge is 2.14. The molecule has 2 amide bonds. The topological polar surface area (TPSA) is 76.7 Å². The van der Waals surface area contributed by atoms with E-state index in [2.05, 4.69) is 10.6 Å². The summed E-state index contributed by atoms with van der Waals surface area (Å²) in [4.78, 5) is 23.0. The summed E-state index contributed by atoms with van der Waals surface area (Å²) in [6, 6.07) is 6.76. The van der Waals surface area contributed by atoms with E-state index in [-0.39, 0.29) is 18.1 Å². The Kier molecular flexibility index (Phi) is 6.02. The number of benzene rings is 1. The van der Waals surface area contributed by atoms with E-state index < -0.39 is 6.09 Å². The Hall–Kier alpha value is -2.24. The predicted octanol–water partition coefficient (Wildman–Crippen LogP) is 2.55. The van der Waals surface area contributed by atoms with Gasteiger partial charge in [0.15, 0.2) is 6.61 Å². The van der Waals surface area contributed by atoms with Crippen LogP contribution < -0.4 is 15.4 Å². The van der Waals surface area contributed by atoms with Gasteiger partial charge >= 0.3 is 6.09 Å². The van der Waals surface area contributed by atoms with Gasteiger partial charge in [0.2, 0.25) is 0 Å². The molecule has 6 heteroatoms. The van der Waals surface area contributed by atoms with Crippen molar-refractivity contribution in [3.05, 3.63) is 24.3 Å². The molecule has 0 heterocycles. The molecule has 0 saturated heterocycles. The highest BCUT2D eigenvalue weighted by molar-refractivity contribution is 5.84. The van der Waals surface area contributed by atoms with Crippen LogP contribution in [0.15, 0.2) is 24.3 Å². The van der Waals surface area contributed by atoms with Crippen LogP contribution in [0.25, 0.3) is 0 Å². The van der Waals surface area contributed by atoms with Gasteiger partial charge in [0.1, 0.15) is 5.75 Å². The number of hydrogen-bond acceptors (Lipinski definition) is 4. The number of anilines is 1. The predicted molar refractivity (Wildman–Crippen MR) is 80.5 cm³/mol. The molecule has 21 heavy (non-hydrogen) atoms. The summed E-state index contributed by atoms with van der Waals surface area (Å²) in [7, 11) is 0. The zero-order valence-electron chi connectivity index (χ0n) is 12.9. The van der Waals surface area contributed by atoms with Crippen LogP contribution in [0.5, 0.6) is 5.75 Å². The maximum Gasteiger partial charge on any atom is 0.411 e. The first-order valence-corrected chi connectivity index (χ1v) is 6.78. The van der Waals surface area contributed by atoms with Crippen molar-refractivity contribution in [2.75, 3.05) is 18.5 Å². The first kappa shape index (κ1) is 16.8. The number of amides is 2. The van der Waals surface area contributed by atoms with Gasteiger partial charge in [-0.15, -0.1) is 0 Å². The fraction of sp³-hybridized carbons (Fsp3) is 0.467. The fourth-order valence-electron chi connectivity index (χ4n) is 1.55. The van der Waals surface area contributed by atoms with E-state index in [0.717, 1.165) is 0 Å². The average molecular weight is 294 g/mol. The van der Waals surface area contributed by atoms with Crippen molar-refractivity contribution in [2.24, 2.45) is 0 Å². The normalized spacial score (nSPS) is 10.7. The molecule has 0 unspecified atom stereocenters. The van der Waals surface area contributed by atoms with Crippen molar-refractivity contribution in [1.82, 2.24) is 5.32 Å². The van der Waals surface area contributed by atoms with Crippen molar-refractivity contribution >= 4 is 17.7 Å². The molecule has 0 aliphatic heterocycles. The monoisotopic (exact) mass is 294 g/mol. The molecule has 0 aliphatic carbocycles. The van der Waals surface area contributed by atoms with Crippen LogP contribution in [-0.4, -0.2) is 30.8 Å². The number of nitrogens with one attached hydrogen (secondary N) is 2. The van der Waals surface area contributed by atoms with E-state index >= 15 is 0 Å². The van der Waals surface area contributed by atoms with Gasteiger partial charge < -0.3 is 14.8 Å². The zero-order valence-corrected chi connectivity index (χ0v) is 12.9. The molecule has 0 aromatic heterocycles. The van der Waals surface area contributed by atoms with E-state index in [1.54, 1.807) is 31.2 Å². The van der Waals surface area contributed by atoms with Crippen LogP contribution in [0.1, 0.15) is 27.7 Å². The molecule has 0 aliphatic rings. The van der Waals surface area contributed by atoms with E-state index in [1.807, 2.05) is 20.8 Å². The lowest BCUT2D eigenvalue weighted by atomic mass is 10.1. The Labute approximate surface area is 124 Å². The molecular formula is C15H22N2O4. The Morgan fingerprint density at radius 1 is 1.24 bits per heavy atom. The number of rotatable bonds is 5. The second kappa shape index (κ2) is 7.52. The van der Waals surface area contributed by atoms with Crippen LogP contribution in [0.3, 0.4) is 0 Å². The molecule has 0 fully saturated rings. The molecule has 0 bridgehead atoms. The summed E-state index contributed by atoms with van der Waals surface area (Å²) >= 11 is 0. The quantitative estimate of drug-likeness (QED) is 0.875. The first-order chi connectivity index (χ1) is 9.80. The van der Waals surface area contributed by atoms with Crippen LogP contribution in [0.2, 0.25) is 0 Å². The van der Waals surface area contributed by atoms with Gasteiger partial charge in [-0.05, 0) is 39.8 Å². The standard InChI is InChI=1S/C15H22N2O4/c1-5-20-14(19)16-11-7-6-8-12(9-11)21-10-13(18)17-15(2,3)4/h6-9H,5,10H2,1-4H3,(H,16,19)(H,17,18). The Morgan fingerprint density at radius 2 is 1.95 bits per heavy atom. The maximum atomic E-state index is 11.7. The SMILES string of the molecule is CCOC(=O)Nc1cccc(OCC(=O)NC(C)(C)C)c1. The summed E-state index contributed by atoms with van der Waals surface area (Å²) in [6.45, 7) is 7.64. The first-order valence-electron chi connectivity index (χ1n) is 6.78. The maximum absolute atomic E-state index is 11.7. The lowest BCUT2D eigenvalue weighted by Gasteiger charge is -2.20. The van der Waals surface area contributed by atoms with Crippen LogP contribution >= 0.6 is 0 Å². The van der Waals surface area contributed by atoms with Gasteiger partial charge in [0.25, 0.3) is 5.91 Å². The Morgan fingerprint density at radius 3 is 2.57 bits per heavy atom. The number of ether oxygens (including phenoxy) is 2. The van der Waals surface area contributed by atoms with E-state index in [4.69, 9.17) is 9.47 Å². The second-order valence-corrected chi connectivity index (χ2v) is 5.46. The third kappa shape index (κ3) is 7.20. The minimum absolute atomic E-state index is 0.0832. The van der Waals surface area contributed by atoms with Crippen LogP contribution in [0.4, 0.5) is 10.5 Å². The largest absolute Gasteiger partial charge is 0.484 e. The van der Waals surface area contributed by atoms with Gasteiger partial charge in [-0.1, -0.05) is 6.07 Å². The van der Waals surface area contributed by atoms with Crippen molar-refractivity contribution in [3.8, 4) is 5.75 Å². The van der Waals surface area contributed by atoms with Crippen molar-refractivity contribution in [2.45, 2.75) is 33.2 Å². The molecule has 2 N–H and O–H groups in total. The number of carbonyl (C=O) groups is 2. The Balaban J connectivity index is 2.53. The zero-order chi connectivity index (χ0) is 15.9. The highest BCUT2D eigenvalue weighted by Crippen LogP contribution is 2.17. The third-order valence-corrected chi connectivity index (χ3v) is 2.24. The van der Waals surface area contributed by atoms with E-state index in [1.165, 1.54) is 0 Å². The minimum Gasteiger partial charge on any atom is -0.484 e. The van der Waals surface area contributed by atoms with Gasteiger partial charge in [-0.2, -0.15) is 0 Å². The fourth-order valence-corrected chi connectivity index (χ4v) is 1.55. The van der Waals surface area contributed by atoms with Gasteiger partial charge in [0, 0.05) is 17.3 Å². The smallest absolute Gasteiger partial charge is 0.411 e. The number of hydrogen-bond donors (Lipinski definition) is 2. The molecule has 1 rings (SSSR count). The van der Waals surface area contributed by atoms with Crippen LogP contribution in [0, 0.1) is 0 Å². The molecule has 0 atom stereocenters. The lowest BCUT2D eigenvalue weighted by Crippen LogP contribution is -2.43. The van der Waals surface area contributed by atoms with Crippen molar-refractivity contribution < 1.29 is 19.1 Å². The van der Waals surface area contributed by atoms with E-state index in [0.29, 0.717) is 18.0 Å². The summed E-state index contributed by atoms with van der Waals surface area (Å²) in [6.07, 6.45) is -0.528. The molecule has 0 spiro atoms. The lowest BCUT2D eigenvalue weighted by molar-refractivity contribution is -0.124. The van der Waals surface area contributed by atoms with Crippen molar-refractivity contribution in [3.63, 3.8) is 0 Å². The molecule has 0 radical (unpaired) electrons. The summed E-state index contributed by atoms with van der Waals surface area (Å²) in [5, 5.41) is 5.37. The molecule has 1 aromatic rings. The van der Waals surface area contributed by atoms with Crippen LogP contribution in [-0.2, 0) is 9.53 Å². The summed E-state index contributed by atoms with van der Waals surface area (Å²) in [5.74, 6) is 0.291. The second-order valence-electron chi connectivity index (χ2n) is 5.46. The highest BCUT2D eigenvalue weighted by atomic mass is 16.5. The summed E-state index contributed by atoms with van der Waals surface area (Å²) < 4.78 is 10.2. The molecule has 0 saturated carbocycles. The van der Waals surface area contributed by atoms with Gasteiger partial charge in [0.05, 0.1) is 6.61 Å². The molecular weight excluding hydrogens is 272 g/mol.